The van der Waals surface area contributed by atoms with E-state index in [1.54, 1.807) is 19.1 Å². The van der Waals surface area contributed by atoms with Gasteiger partial charge in [-0.05, 0) is 18.6 Å². The quantitative estimate of drug-likeness (QED) is 0.471. The van der Waals surface area contributed by atoms with Crippen LogP contribution in [-0.2, 0) is 22.6 Å². The summed E-state index contributed by atoms with van der Waals surface area (Å²) in [5.74, 6) is -3.28. The second kappa shape index (κ2) is 12.3. The second-order valence-corrected chi connectivity index (χ2v) is 7.60. The Morgan fingerprint density at radius 1 is 1.06 bits per heavy atom. The summed E-state index contributed by atoms with van der Waals surface area (Å²) in [5.41, 5.74) is 6.72. The first-order valence-corrected chi connectivity index (χ1v) is 10.6. The highest BCUT2D eigenvalue weighted by Gasteiger charge is 2.38. The fourth-order valence-corrected chi connectivity index (χ4v) is 3.38. The van der Waals surface area contributed by atoms with Gasteiger partial charge in [0.25, 0.3) is 5.56 Å². The van der Waals surface area contributed by atoms with Crippen LogP contribution in [0.3, 0.4) is 0 Å². The lowest BCUT2D eigenvalue weighted by Crippen LogP contribution is -2.44. The number of halogens is 4. The van der Waals surface area contributed by atoms with E-state index in [9.17, 15) is 27.2 Å². The van der Waals surface area contributed by atoms with Crippen molar-refractivity contribution < 1.29 is 32.2 Å². The van der Waals surface area contributed by atoms with Gasteiger partial charge >= 0.3 is 17.8 Å². The van der Waals surface area contributed by atoms with Crippen LogP contribution >= 0.6 is 0 Å². The van der Waals surface area contributed by atoms with Gasteiger partial charge in [-0.3, -0.25) is 13.9 Å². The zero-order valence-corrected chi connectivity index (χ0v) is 19.5. The summed E-state index contributed by atoms with van der Waals surface area (Å²) in [5, 5.41) is 7.12. The first-order valence-electron chi connectivity index (χ1n) is 10.6. The number of ether oxygens (including phenoxy) is 1. The molecule has 0 fully saturated rings. The zero-order valence-electron chi connectivity index (χ0n) is 19.5. The lowest BCUT2D eigenvalue weighted by atomic mass is 10.0. The van der Waals surface area contributed by atoms with Crippen molar-refractivity contribution >= 4 is 5.97 Å². The van der Waals surface area contributed by atoms with Crippen molar-refractivity contribution in [2.75, 3.05) is 13.7 Å². The molecule has 2 aromatic carbocycles. The molecule has 0 aliphatic rings. The van der Waals surface area contributed by atoms with Gasteiger partial charge in [0.2, 0.25) is 0 Å². The molecule has 36 heavy (non-hydrogen) atoms. The van der Waals surface area contributed by atoms with Gasteiger partial charge in [0.05, 0.1) is 25.3 Å². The molecule has 0 aliphatic carbocycles. The number of nitrogens with zero attached hydrogens (tertiary/aromatic N) is 2. The Morgan fingerprint density at radius 2 is 1.61 bits per heavy atom. The van der Waals surface area contributed by atoms with Crippen LogP contribution in [0.2, 0.25) is 0 Å². The van der Waals surface area contributed by atoms with Crippen LogP contribution in [-0.4, -0.2) is 40.1 Å². The van der Waals surface area contributed by atoms with Gasteiger partial charge in [0.15, 0.2) is 0 Å². The Bertz CT molecular complexity index is 1300. The van der Waals surface area contributed by atoms with Gasteiger partial charge in [-0.15, -0.1) is 0 Å². The average Bonchev–Trinajstić information content (AvgIpc) is 2.83. The third kappa shape index (κ3) is 6.89. The van der Waals surface area contributed by atoms with Crippen molar-refractivity contribution in [3.8, 4) is 11.1 Å². The van der Waals surface area contributed by atoms with Crippen LogP contribution in [0.25, 0.3) is 11.1 Å². The lowest BCUT2D eigenvalue weighted by Gasteiger charge is -2.19. The summed E-state index contributed by atoms with van der Waals surface area (Å²) < 4.78 is 53.9. The van der Waals surface area contributed by atoms with Crippen molar-refractivity contribution in [3.05, 3.63) is 92.5 Å². The molecule has 0 spiro atoms. The molecular weight excluding hydrogens is 486 g/mol. The third-order valence-corrected chi connectivity index (χ3v) is 5.20. The maximum Gasteiger partial charge on any atom is 0.490 e. The molecule has 1 atom stereocenters. The van der Waals surface area contributed by atoms with E-state index in [2.05, 4.69) is 0 Å². The Labute approximate surface area is 203 Å². The summed E-state index contributed by atoms with van der Waals surface area (Å²) in [7, 11) is 1.53. The molecule has 0 aliphatic heterocycles. The van der Waals surface area contributed by atoms with Crippen LogP contribution in [0.5, 0.6) is 0 Å². The first kappa shape index (κ1) is 28.5. The summed E-state index contributed by atoms with van der Waals surface area (Å²) in [6, 6.07) is 14.7. The molecule has 0 saturated carbocycles. The summed E-state index contributed by atoms with van der Waals surface area (Å²) >= 11 is 0. The van der Waals surface area contributed by atoms with Gasteiger partial charge in [0, 0.05) is 24.4 Å². The predicted molar refractivity (Wildman–Crippen MR) is 124 cm³/mol. The highest BCUT2D eigenvalue weighted by atomic mass is 19.4. The van der Waals surface area contributed by atoms with E-state index in [4.69, 9.17) is 20.4 Å². The van der Waals surface area contributed by atoms with E-state index in [0.717, 1.165) is 10.1 Å². The molecule has 3 N–H and O–H groups in total. The number of aromatic nitrogens is 2. The molecule has 1 heterocycles. The minimum atomic E-state index is -5.08. The molecule has 3 rings (SSSR count). The molecule has 1 aromatic heterocycles. The molecule has 0 unspecified atom stereocenters. The number of hydrogen-bond donors (Lipinski definition) is 2. The van der Waals surface area contributed by atoms with E-state index >= 15 is 0 Å². The highest BCUT2D eigenvalue weighted by Crippen LogP contribution is 2.22. The van der Waals surface area contributed by atoms with Crippen LogP contribution < -0.4 is 17.0 Å². The molecule has 8 nitrogen and oxygen atoms in total. The van der Waals surface area contributed by atoms with E-state index < -0.39 is 35.3 Å². The van der Waals surface area contributed by atoms with Gasteiger partial charge in [-0.1, -0.05) is 48.5 Å². The van der Waals surface area contributed by atoms with Crippen molar-refractivity contribution in [3.63, 3.8) is 0 Å². The molecule has 194 valence electrons. The number of rotatable bonds is 7. The fraction of sp³-hybridized carbons (Fsp3) is 0.292. The van der Waals surface area contributed by atoms with Gasteiger partial charge in [0.1, 0.15) is 5.82 Å². The van der Waals surface area contributed by atoms with Gasteiger partial charge in [-0.2, -0.15) is 13.2 Å². The van der Waals surface area contributed by atoms with E-state index in [0.29, 0.717) is 5.69 Å². The number of carboxylic acids is 1. The maximum absolute atomic E-state index is 14.5. The lowest BCUT2D eigenvalue weighted by molar-refractivity contribution is -0.192. The van der Waals surface area contributed by atoms with Crippen LogP contribution in [0.15, 0.2) is 64.2 Å². The molecular formula is C24H25F4N3O5. The molecule has 3 aromatic rings. The number of carbonyl (C=O) groups is 1. The SMILES string of the molecule is COCCn1c(C)c(-c2ccccc2F)c(=O)n(C[C@H](N)c2ccccc2)c1=O.O=C(O)C(F)(F)F. The minimum absolute atomic E-state index is 0.0175. The number of nitrogens with two attached hydrogens (primary N) is 1. The van der Waals surface area contributed by atoms with E-state index in [-0.39, 0.29) is 30.8 Å². The van der Waals surface area contributed by atoms with E-state index in [1.165, 1.54) is 23.8 Å². The monoisotopic (exact) mass is 511 g/mol. The number of carboxylic acid groups (broad SMARTS) is 1. The van der Waals surface area contributed by atoms with Crippen molar-refractivity contribution in [2.45, 2.75) is 32.2 Å². The minimum Gasteiger partial charge on any atom is -0.475 e. The molecule has 12 heteroatoms. The summed E-state index contributed by atoms with van der Waals surface area (Å²) in [6.07, 6.45) is -5.08. The predicted octanol–water partition coefficient (Wildman–Crippen LogP) is 3.10. The van der Waals surface area contributed by atoms with Crippen molar-refractivity contribution in [2.24, 2.45) is 5.73 Å². The van der Waals surface area contributed by atoms with Gasteiger partial charge < -0.3 is 15.6 Å². The number of hydrogen-bond acceptors (Lipinski definition) is 5. The van der Waals surface area contributed by atoms with Crippen molar-refractivity contribution in [1.82, 2.24) is 9.13 Å². The second-order valence-electron chi connectivity index (χ2n) is 7.60. The van der Waals surface area contributed by atoms with E-state index in [1.807, 2.05) is 30.3 Å². The summed E-state index contributed by atoms with van der Waals surface area (Å²) in [4.78, 5) is 35.2. The van der Waals surface area contributed by atoms with Crippen LogP contribution in [0.4, 0.5) is 17.6 Å². The number of aliphatic carboxylic acids is 1. The number of benzene rings is 2. The number of alkyl halides is 3. The first-order chi connectivity index (χ1) is 16.9. The number of methoxy groups -OCH3 is 1. The van der Waals surface area contributed by atoms with Gasteiger partial charge in [-0.25, -0.2) is 14.0 Å². The molecule has 0 saturated heterocycles. The molecule has 0 bridgehead atoms. The molecule has 0 radical (unpaired) electrons. The fourth-order valence-electron chi connectivity index (χ4n) is 3.38. The largest absolute Gasteiger partial charge is 0.490 e. The van der Waals surface area contributed by atoms with Crippen molar-refractivity contribution in [1.29, 1.82) is 0 Å². The third-order valence-electron chi connectivity index (χ3n) is 5.20. The Balaban J connectivity index is 0.000000572. The van der Waals surface area contributed by atoms with Crippen LogP contribution in [0.1, 0.15) is 17.3 Å². The molecule has 0 amide bonds. The summed E-state index contributed by atoms with van der Waals surface area (Å²) in [6.45, 7) is 2.14. The Morgan fingerprint density at radius 3 is 2.14 bits per heavy atom. The smallest absolute Gasteiger partial charge is 0.475 e. The zero-order chi connectivity index (χ0) is 27.0. The topological polar surface area (TPSA) is 117 Å². The Hall–Kier alpha value is -3.77. The maximum atomic E-state index is 14.5. The highest BCUT2D eigenvalue weighted by molar-refractivity contribution is 5.73. The Kier molecular flexibility index (Phi) is 9.70. The normalized spacial score (nSPS) is 12.0. The average molecular weight is 511 g/mol. The van der Waals surface area contributed by atoms with Crippen LogP contribution in [0, 0.1) is 12.7 Å². The standard InChI is InChI=1S/C22H24FN3O3.C2HF3O2/c1-15-20(17-10-6-7-11-18(17)23)21(27)26(22(28)25(15)12-13-29-2)14-19(24)16-8-4-3-5-9-16;3-2(4,5)1(6)7/h3-11,19H,12-14,24H2,1-2H3;(H,6,7)/t19-;/m0./s1.